The van der Waals surface area contributed by atoms with Crippen LogP contribution in [0.4, 0.5) is 0 Å². The summed E-state index contributed by atoms with van der Waals surface area (Å²) in [5.41, 5.74) is 0.163. The Hall–Kier alpha value is -0.970. The van der Waals surface area contributed by atoms with Gasteiger partial charge in [0.05, 0.1) is 11.9 Å². The van der Waals surface area contributed by atoms with Gasteiger partial charge in [-0.3, -0.25) is 0 Å². The zero-order valence-electron chi connectivity index (χ0n) is 6.61. The van der Waals surface area contributed by atoms with E-state index in [1.807, 2.05) is 6.92 Å². The van der Waals surface area contributed by atoms with Crippen LogP contribution in [0.2, 0.25) is 0 Å². The maximum atomic E-state index is 10.5. The van der Waals surface area contributed by atoms with Crippen molar-refractivity contribution in [3.8, 4) is 0 Å². The van der Waals surface area contributed by atoms with Crippen molar-refractivity contribution in [1.82, 2.24) is 5.16 Å². The van der Waals surface area contributed by atoms with Gasteiger partial charge in [-0.05, 0) is 5.75 Å². The van der Waals surface area contributed by atoms with Crippen molar-refractivity contribution >= 4 is 17.7 Å². The fourth-order valence-electron chi connectivity index (χ4n) is 0.737. The smallest absolute Gasteiger partial charge is 0.341 e. The van der Waals surface area contributed by atoms with Crippen LogP contribution >= 0.6 is 11.8 Å². The normalized spacial score (nSPS) is 10.1. The number of carboxylic acids is 1. The van der Waals surface area contributed by atoms with Crippen LogP contribution in [0.5, 0.6) is 0 Å². The topological polar surface area (TPSA) is 63.3 Å². The summed E-state index contributed by atoms with van der Waals surface area (Å²) in [7, 11) is 0. The highest BCUT2D eigenvalue weighted by Crippen LogP contribution is 2.15. The molecule has 5 heteroatoms. The molecule has 12 heavy (non-hydrogen) atoms. The van der Waals surface area contributed by atoms with E-state index in [-0.39, 0.29) is 5.56 Å². The fraction of sp³-hybridized carbons (Fsp3) is 0.429. The van der Waals surface area contributed by atoms with Crippen molar-refractivity contribution in [2.75, 3.05) is 5.75 Å². The van der Waals surface area contributed by atoms with Gasteiger partial charge >= 0.3 is 5.97 Å². The number of carbonyl (C=O) groups is 1. The summed E-state index contributed by atoms with van der Waals surface area (Å²) in [6, 6.07) is 0. The number of rotatable bonds is 4. The first kappa shape index (κ1) is 9.12. The van der Waals surface area contributed by atoms with Gasteiger partial charge in [0, 0.05) is 0 Å². The molecule has 1 heterocycles. The van der Waals surface area contributed by atoms with Gasteiger partial charge in [-0.25, -0.2) is 4.79 Å². The van der Waals surface area contributed by atoms with E-state index in [1.165, 1.54) is 6.20 Å². The molecule has 1 rings (SSSR count). The molecular formula is C7H9NO3S. The summed E-state index contributed by atoms with van der Waals surface area (Å²) in [6.45, 7) is 2.00. The number of nitrogens with zero attached hydrogens (tertiary/aromatic N) is 1. The fourth-order valence-corrected chi connectivity index (χ4v) is 1.33. The van der Waals surface area contributed by atoms with Gasteiger partial charge in [0.25, 0.3) is 0 Å². The van der Waals surface area contributed by atoms with Gasteiger partial charge in [0.1, 0.15) is 5.56 Å². The van der Waals surface area contributed by atoms with E-state index in [0.29, 0.717) is 11.5 Å². The predicted octanol–water partition coefficient (Wildman–Crippen LogP) is 1.63. The maximum absolute atomic E-state index is 10.5. The van der Waals surface area contributed by atoms with Crippen molar-refractivity contribution in [3.05, 3.63) is 17.5 Å². The molecule has 0 amide bonds. The third-order valence-corrected chi connectivity index (χ3v) is 2.19. The molecule has 0 saturated carbocycles. The number of aromatic nitrogens is 1. The minimum Gasteiger partial charge on any atom is -0.478 e. The molecule has 1 aromatic heterocycles. The van der Waals surface area contributed by atoms with Gasteiger partial charge in [0.15, 0.2) is 5.76 Å². The molecule has 0 aliphatic rings. The van der Waals surface area contributed by atoms with E-state index in [2.05, 4.69) is 5.16 Å². The molecule has 0 atom stereocenters. The van der Waals surface area contributed by atoms with Crippen LogP contribution < -0.4 is 0 Å². The standard InChI is InChI=1S/C7H9NO3S/c1-2-12-4-6-5(7(9)10)3-8-11-6/h3H,2,4H2,1H3,(H,9,10). The van der Waals surface area contributed by atoms with Crippen LogP contribution in [-0.2, 0) is 5.75 Å². The number of hydrogen-bond acceptors (Lipinski definition) is 4. The molecule has 4 nitrogen and oxygen atoms in total. The Morgan fingerprint density at radius 2 is 2.58 bits per heavy atom. The second-order valence-corrected chi connectivity index (χ2v) is 3.38. The average Bonchev–Trinajstić information content (AvgIpc) is 2.48. The predicted molar refractivity (Wildman–Crippen MR) is 45.3 cm³/mol. The summed E-state index contributed by atoms with van der Waals surface area (Å²) in [5.74, 6) is 0.954. The highest BCUT2D eigenvalue weighted by atomic mass is 32.2. The number of carboxylic acid groups (broad SMARTS) is 1. The molecule has 66 valence electrons. The molecule has 0 fully saturated rings. The van der Waals surface area contributed by atoms with Gasteiger partial charge in [-0.15, -0.1) is 0 Å². The van der Waals surface area contributed by atoms with Crippen molar-refractivity contribution in [1.29, 1.82) is 0 Å². The third-order valence-electron chi connectivity index (χ3n) is 1.31. The van der Waals surface area contributed by atoms with E-state index in [9.17, 15) is 4.79 Å². The van der Waals surface area contributed by atoms with E-state index >= 15 is 0 Å². The molecule has 0 bridgehead atoms. The van der Waals surface area contributed by atoms with Crippen LogP contribution in [0, 0.1) is 0 Å². The Morgan fingerprint density at radius 3 is 3.17 bits per heavy atom. The lowest BCUT2D eigenvalue weighted by molar-refractivity contribution is 0.0695. The largest absolute Gasteiger partial charge is 0.478 e. The summed E-state index contributed by atoms with van der Waals surface area (Å²) in [6.07, 6.45) is 1.23. The van der Waals surface area contributed by atoms with E-state index < -0.39 is 5.97 Å². The van der Waals surface area contributed by atoms with Crippen molar-refractivity contribution < 1.29 is 14.4 Å². The summed E-state index contributed by atoms with van der Waals surface area (Å²) in [4.78, 5) is 10.5. The van der Waals surface area contributed by atoms with Crippen molar-refractivity contribution in [3.63, 3.8) is 0 Å². The van der Waals surface area contributed by atoms with Gasteiger partial charge in [-0.2, -0.15) is 11.8 Å². The van der Waals surface area contributed by atoms with Gasteiger partial charge in [-0.1, -0.05) is 12.1 Å². The molecule has 0 unspecified atom stereocenters. The number of hydrogen-bond donors (Lipinski definition) is 1. The van der Waals surface area contributed by atoms with Crippen LogP contribution in [0.25, 0.3) is 0 Å². The Bertz CT molecular complexity index is 271. The summed E-state index contributed by atoms with van der Waals surface area (Å²) in [5, 5.41) is 12.1. The van der Waals surface area contributed by atoms with Crippen LogP contribution in [0.3, 0.4) is 0 Å². The molecule has 1 N–H and O–H groups in total. The monoisotopic (exact) mass is 187 g/mol. The summed E-state index contributed by atoms with van der Waals surface area (Å²) < 4.78 is 4.78. The zero-order chi connectivity index (χ0) is 8.97. The Morgan fingerprint density at radius 1 is 1.83 bits per heavy atom. The molecule has 0 aromatic carbocycles. The van der Waals surface area contributed by atoms with Crippen molar-refractivity contribution in [2.45, 2.75) is 12.7 Å². The first-order valence-corrected chi connectivity index (χ1v) is 4.65. The molecule has 0 aliphatic heterocycles. The van der Waals surface area contributed by atoms with E-state index in [4.69, 9.17) is 9.63 Å². The summed E-state index contributed by atoms with van der Waals surface area (Å²) >= 11 is 1.60. The van der Waals surface area contributed by atoms with Crippen molar-refractivity contribution in [2.24, 2.45) is 0 Å². The third kappa shape index (κ3) is 2.01. The van der Waals surface area contributed by atoms with Crippen LogP contribution in [0.15, 0.2) is 10.7 Å². The lowest BCUT2D eigenvalue weighted by Crippen LogP contribution is -1.97. The average molecular weight is 187 g/mol. The molecule has 1 aromatic rings. The second kappa shape index (κ2) is 4.15. The molecule has 0 aliphatic carbocycles. The highest BCUT2D eigenvalue weighted by molar-refractivity contribution is 7.98. The SMILES string of the molecule is CCSCc1oncc1C(=O)O. The number of thioether (sulfide) groups is 1. The number of aromatic carboxylic acids is 1. The highest BCUT2D eigenvalue weighted by Gasteiger charge is 2.13. The van der Waals surface area contributed by atoms with Gasteiger partial charge < -0.3 is 9.63 Å². The lowest BCUT2D eigenvalue weighted by Gasteiger charge is -1.93. The first-order valence-electron chi connectivity index (χ1n) is 3.50. The van der Waals surface area contributed by atoms with Crippen LogP contribution in [0.1, 0.15) is 23.0 Å². The van der Waals surface area contributed by atoms with E-state index in [0.717, 1.165) is 5.75 Å². The molecule has 0 radical (unpaired) electrons. The second-order valence-electron chi connectivity index (χ2n) is 2.10. The lowest BCUT2D eigenvalue weighted by atomic mass is 10.3. The van der Waals surface area contributed by atoms with Crippen LogP contribution in [-0.4, -0.2) is 22.0 Å². The zero-order valence-corrected chi connectivity index (χ0v) is 7.43. The first-order chi connectivity index (χ1) is 5.75. The maximum Gasteiger partial charge on any atom is 0.341 e. The van der Waals surface area contributed by atoms with Gasteiger partial charge in [0.2, 0.25) is 0 Å². The minimum atomic E-state index is -0.983. The van der Waals surface area contributed by atoms with E-state index in [1.54, 1.807) is 11.8 Å². The minimum absolute atomic E-state index is 0.163. The molecule has 0 spiro atoms. The molecular weight excluding hydrogens is 178 g/mol. The quantitative estimate of drug-likeness (QED) is 0.776. The Kier molecular flexibility index (Phi) is 3.16. The Labute approximate surface area is 73.9 Å². The Balaban J connectivity index is 2.70. The molecule has 0 saturated heterocycles.